The molecule has 0 unspecified atom stereocenters. The lowest BCUT2D eigenvalue weighted by Gasteiger charge is -2.38. The molecule has 0 saturated heterocycles. The van der Waals surface area contributed by atoms with Crippen molar-refractivity contribution in [3.8, 4) is 0 Å². The van der Waals surface area contributed by atoms with Crippen molar-refractivity contribution < 1.29 is 9.53 Å². The number of unbranched alkanes of at least 4 members (excludes halogenated alkanes) is 2. The lowest BCUT2D eigenvalue weighted by Crippen LogP contribution is -2.25. The SMILES string of the molecule is CCCCCC1CCC(C2CCC(c3ccc(CCCOC(C)=O)cc3)CC2)CC1. The maximum Gasteiger partial charge on any atom is 0.302 e. The van der Waals surface area contributed by atoms with E-state index in [0.29, 0.717) is 6.61 Å². The number of hydrogen-bond acceptors (Lipinski definition) is 2. The second-order valence-electron chi connectivity index (χ2n) is 10.1. The van der Waals surface area contributed by atoms with Gasteiger partial charge in [-0.3, -0.25) is 4.79 Å². The normalized spacial score (nSPS) is 27.0. The minimum atomic E-state index is -0.180. The molecule has 0 aromatic heterocycles. The number of ether oxygens (including phenoxy) is 1. The Labute approximate surface area is 185 Å². The largest absolute Gasteiger partial charge is 0.466 e. The average Bonchev–Trinajstić information content (AvgIpc) is 2.78. The fourth-order valence-corrected chi connectivity index (χ4v) is 6.00. The molecule has 2 aliphatic rings. The van der Waals surface area contributed by atoms with E-state index in [0.717, 1.165) is 36.5 Å². The summed E-state index contributed by atoms with van der Waals surface area (Å²) in [7, 11) is 0. The highest BCUT2D eigenvalue weighted by atomic mass is 16.5. The average molecular weight is 413 g/mol. The van der Waals surface area contributed by atoms with E-state index in [1.54, 1.807) is 0 Å². The third-order valence-electron chi connectivity index (χ3n) is 7.91. The van der Waals surface area contributed by atoms with Crippen LogP contribution in [0.3, 0.4) is 0 Å². The molecular formula is C28H44O2. The van der Waals surface area contributed by atoms with Crippen molar-refractivity contribution in [3.63, 3.8) is 0 Å². The van der Waals surface area contributed by atoms with Gasteiger partial charge in [0.1, 0.15) is 0 Å². The van der Waals surface area contributed by atoms with E-state index in [9.17, 15) is 4.79 Å². The molecule has 2 aliphatic carbocycles. The number of carbonyl (C=O) groups excluding carboxylic acids is 1. The van der Waals surface area contributed by atoms with Crippen LogP contribution in [0, 0.1) is 17.8 Å². The molecule has 2 nitrogen and oxygen atoms in total. The Hall–Kier alpha value is -1.31. The third kappa shape index (κ3) is 7.43. The number of carbonyl (C=O) groups is 1. The molecule has 2 fully saturated rings. The molecule has 1 aromatic rings. The van der Waals surface area contributed by atoms with Crippen LogP contribution < -0.4 is 0 Å². The summed E-state index contributed by atoms with van der Waals surface area (Å²) in [5.41, 5.74) is 2.90. The molecule has 0 heterocycles. The van der Waals surface area contributed by atoms with Gasteiger partial charge in [-0.1, -0.05) is 69.7 Å². The lowest BCUT2D eigenvalue weighted by molar-refractivity contribution is -0.141. The Morgan fingerprint density at radius 1 is 0.867 bits per heavy atom. The van der Waals surface area contributed by atoms with Crippen LogP contribution in [-0.2, 0) is 16.0 Å². The van der Waals surface area contributed by atoms with Gasteiger partial charge in [0.2, 0.25) is 0 Å². The van der Waals surface area contributed by atoms with Crippen LogP contribution in [0.25, 0.3) is 0 Å². The predicted octanol–water partition coefficient (Wildman–Crippen LogP) is 7.84. The maximum absolute atomic E-state index is 10.8. The third-order valence-corrected chi connectivity index (χ3v) is 7.91. The molecule has 3 rings (SSSR count). The van der Waals surface area contributed by atoms with E-state index in [1.165, 1.54) is 95.1 Å². The van der Waals surface area contributed by atoms with E-state index in [4.69, 9.17) is 4.74 Å². The van der Waals surface area contributed by atoms with E-state index < -0.39 is 0 Å². The number of esters is 1. The van der Waals surface area contributed by atoms with Crippen molar-refractivity contribution >= 4 is 5.97 Å². The first-order valence-electron chi connectivity index (χ1n) is 12.9. The zero-order chi connectivity index (χ0) is 21.2. The zero-order valence-corrected chi connectivity index (χ0v) is 19.5. The minimum absolute atomic E-state index is 0.180. The summed E-state index contributed by atoms with van der Waals surface area (Å²) in [6, 6.07) is 9.28. The fraction of sp³-hybridized carbons (Fsp3) is 0.750. The second-order valence-corrected chi connectivity index (χ2v) is 10.1. The summed E-state index contributed by atoms with van der Waals surface area (Å²) < 4.78 is 5.03. The molecule has 0 bridgehead atoms. The maximum atomic E-state index is 10.8. The summed E-state index contributed by atoms with van der Waals surface area (Å²) in [6.45, 7) is 4.32. The molecule has 0 atom stereocenters. The Morgan fingerprint density at radius 3 is 2.10 bits per heavy atom. The molecule has 2 heteroatoms. The van der Waals surface area contributed by atoms with Gasteiger partial charge < -0.3 is 4.74 Å². The van der Waals surface area contributed by atoms with Crippen molar-refractivity contribution in [2.45, 2.75) is 110 Å². The van der Waals surface area contributed by atoms with Crippen LogP contribution in [0.1, 0.15) is 114 Å². The summed E-state index contributed by atoms with van der Waals surface area (Å²) in [5, 5.41) is 0. The van der Waals surface area contributed by atoms with Crippen LogP contribution in [0.4, 0.5) is 0 Å². The van der Waals surface area contributed by atoms with Crippen molar-refractivity contribution in [1.29, 1.82) is 0 Å². The summed E-state index contributed by atoms with van der Waals surface area (Å²) in [4.78, 5) is 10.8. The first kappa shape index (κ1) is 23.4. The molecule has 30 heavy (non-hydrogen) atoms. The van der Waals surface area contributed by atoms with Gasteiger partial charge >= 0.3 is 5.97 Å². The fourth-order valence-electron chi connectivity index (χ4n) is 6.00. The van der Waals surface area contributed by atoms with Crippen molar-refractivity contribution in [2.75, 3.05) is 6.61 Å². The number of aryl methyl sites for hydroxylation is 1. The zero-order valence-electron chi connectivity index (χ0n) is 19.5. The van der Waals surface area contributed by atoms with Crippen LogP contribution in [0.5, 0.6) is 0 Å². The highest BCUT2D eigenvalue weighted by molar-refractivity contribution is 5.65. The van der Waals surface area contributed by atoms with Crippen molar-refractivity contribution in [2.24, 2.45) is 17.8 Å². The monoisotopic (exact) mass is 412 g/mol. The van der Waals surface area contributed by atoms with Crippen LogP contribution in [0.2, 0.25) is 0 Å². The highest BCUT2D eigenvalue weighted by Gasteiger charge is 2.31. The topological polar surface area (TPSA) is 26.3 Å². The van der Waals surface area contributed by atoms with Gasteiger partial charge in [0.25, 0.3) is 0 Å². The van der Waals surface area contributed by atoms with Crippen LogP contribution in [-0.4, -0.2) is 12.6 Å². The molecule has 0 amide bonds. The van der Waals surface area contributed by atoms with Crippen molar-refractivity contribution in [1.82, 2.24) is 0 Å². The minimum Gasteiger partial charge on any atom is -0.466 e. The molecule has 0 spiro atoms. The van der Waals surface area contributed by atoms with Crippen LogP contribution in [0.15, 0.2) is 24.3 Å². The summed E-state index contributed by atoms with van der Waals surface area (Å²) >= 11 is 0. The number of benzene rings is 1. The summed E-state index contributed by atoms with van der Waals surface area (Å²) in [6.07, 6.45) is 19.3. The van der Waals surface area contributed by atoms with E-state index in [2.05, 4.69) is 31.2 Å². The van der Waals surface area contributed by atoms with E-state index in [1.807, 2.05) is 0 Å². The Kier molecular flexibility index (Phi) is 9.75. The lowest BCUT2D eigenvalue weighted by atomic mass is 9.68. The van der Waals surface area contributed by atoms with Gasteiger partial charge in [0.05, 0.1) is 6.61 Å². The van der Waals surface area contributed by atoms with Gasteiger partial charge in [-0.25, -0.2) is 0 Å². The molecule has 0 N–H and O–H groups in total. The smallest absolute Gasteiger partial charge is 0.302 e. The van der Waals surface area contributed by atoms with Crippen molar-refractivity contribution in [3.05, 3.63) is 35.4 Å². The van der Waals surface area contributed by atoms with Gasteiger partial charge in [0.15, 0.2) is 0 Å². The summed E-state index contributed by atoms with van der Waals surface area (Å²) in [5.74, 6) is 3.64. The molecule has 168 valence electrons. The van der Waals surface area contributed by atoms with Gasteiger partial charge in [-0.05, 0) is 86.2 Å². The predicted molar refractivity (Wildman–Crippen MR) is 126 cm³/mol. The van der Waals surface area contributed by atoms with Crippen LogP contribution >= 0.6 is 0 Å². The molecular weight excluding hydrogens is 368 g/mol. The highest BCUT2D eigenvalue weighted by Crippen LogP contribution is 2.44. The van der Waals surface area contributed by atoms with Gasteiger partial charge in [-0.2, -0.15) is 0 Å². The van der Waals surface area contributed by atoms with Gasteiger partial charge in [-0.15, -0.1) is 0 Å². The van der Waals surface area contributed by atoms with E-state index >= 15 is 0 Å². The Morgan fingerprint density at radius 2 is 1.50 bits per heavy atom. The molecule has 0 aliphatic heterocycles. The molecule has 2 saturated carbocycles. The standard InChI is InChI=1S/C28H44O2/c1-3-4-5-7-23-9-13-25(14-10-23)27-17-19-28(20-18-27)26-15-11-24(12-16-26)8-6-21-30-22(2)29/h11-12,15-16,23,25,27-28H,3-10,13-14,17-21H2,1-2H3. The first-order valence-corrected chi connectivity index (χ1v) is 12.9. The Bertz CT molecular complexity index is 604. The van der Waals surface area contributed by atoms with Gasteiger partial charge in [0, 0.05) is 6.92 Å². The first-order chi connectivity index (χ1) is 14.7. The Balaban J connectivity index is 1.36. The van der Waals surface area contributed by atoms with E-state index in [-0.39, 0.29) is 5.97 Å². The number of rotatable bonds is 10. The molecule has 0 radical (unpaired) electrons. The second kappa shape index (κ2) is 12.5. The molecule has 1 aromatic carbocycles. The quantitative estimate of drug-likeness (QED) is 0.289. The number of hydrogen-bond donors (Lipinski definition) is 0.